The molecule has 0 aliphatic carbocycles. The van der Waals surface area contributed by atoms with Crippen LogP contribution in [0, 0.1) is 12.8 Å². The number of benzene rings is 1. The highest BCUT2D eigenvalue weighted by molar-refractivity contribution is 7.91. The van der Waals surface area contributed by atoms with Gasteiger partial charge < -0.3 is 10.1 Å². The zero-order chi connectivity index (χ0) is 22.8. The van der Waals surface area contributed by atoms with Gasteiger partial charge in [0.1, 0.15) is 9.96 Å². The molecule has 1 aliphatic rings. The van der Waals surface area contributed by atoms with Crippen LogP contribution in [0.15, 0.2) is 33.9 Å². The third-order valence-electron chi connectivity index (χ3n) is 5.98. The predicted octanol–water partition coefficient (Wildman–Crippen LogP) is 4.47. The SMILES string of the molecule is COc1cc(C)c([C@@H](C)NC(=O)C2CCN(S(=O)(=O)c3cccs3)CC2)cc1C(C)C. The first-order valence-electron chi connectivity index (χ1n) is 10.7. The lowest BCUT2D eigenvalue weighted by Crippen LogP contribution is -2.43. The monoisotopic (exact) mass is 464 g/mol. The van der Waals surface area contributed by atoms with E-state index in [0.717, 1.165) is 22.4 Å². The molecule has 1 amide bonds. The highest BCUT2D eigenvalue weighted by Gasteiger charge is 2.33. The van der Waals surface area contributed by atoms with Crippen molar-refractivity contribution in [2.75, 3.05) is 20.2 Å². The fraction of sp³-hybridized carbons (Fsp3) is 0.522. The predicted molar refractivity (Wildman–Crippen MR) is 124 cm³/mol. The molecule has 1 N–H and O–H groups in total. The van der Waals surface area contributed by atoms with Crippen LogP contribution in [0.3, 0.4) is 0 Å². The van der Waals surface area contributed by atoms with Crippen molar-refractivity contribution in [3.05, 3.63) is 46.3 Å². The third kappa shape index (κ3) is 5.13. The van der Waals surface area contributed by atoms with E-state index in [0.29, 0.717) is 36.1 Å². The first-order valence-corrected chi connectivity index (χ1v) is 13.0. The number of carbonyl (C=O) groups excluding carboxylic acids is 1. The Bertz CT molecular complexity index is 1010. The number of nitrogens with one attached hydrogen (secondary N) is 1. The van der Waals surface area contributed by atoms with Crippen LogP contribution in [0.5, 0.6) is 5.75 Å². The number of piperidine rings is 1. The van der Waals surface area contributed by atoms with Gasteiger partial charge >= 0.3 is 0 Å². The van der Waals surface area contributed by atoms with Gasteiger partial charge in [-0.2, -0.15) is 4.31 Å². The number of sulfonamides is 1. The third-order valence-corrected chi connectivity index (χ3v) is 9.25. The molecule has 1 saturated heterocycles. The van der Waals surface area contributed by atoms with Crippen molar-refractivity contribution in [2.45, 2.75) is 56.7 Å². The van der Waals surface area contributed by atoms with Crippen LogP contribution in [-0.4, -0.2) is 38.8 Å². The molecule has 2 heterocycles. The first kappa shape index (κ1) is 23.8. The Morgan fingerprint density at radius 2 is 1.87 bits per heavy atom. The maximum absolute atomic E-state index is 12.9. The van der Waals surface area contributed by atoms with E-state index in [1.165, 1.54) is 15.6 Å². The maximum Gasteiger partial charge on any atom is 0.252 e. The summed E-state index contributed by atoms with van der Waals surface area (Å²) in [5.74, 6) is 0.989. The standard InChI is InChI=1S/C23H32N2O4S2/c1-15(2)19-14-20(16(3)13-21(19)29-5)17(4)24-23(26)18-8-10-25(11-9-18)31(27,28)22-7-6-12-30-22/h6-7,12-15,17-18H,8-11H2,1-5H3,(H,24,26)/t17-/m1/s1. The first-order chi connectivity index (χ1) is 14.6. The van der Waals surface area contributed by atoms with Crippen molar-refractivity contribution in [3.8, 4) is 5.75 Å². The largest absolute Gasteiger partial charge is 0.496 e. The van der Waals surface area contributed by atoms with Crippen LogP contribution >= 0.6 is 11.3 Å². The van der Waals surface area contributed by atoms with E-state index < -0.39 is 10.0 Å². The van der Waals surface area contributed by atoms with E-state index in [1.54, 1.807) is 24.6 Å². The van der Waals surface area contributed by atoms with E-state index >= 15 is 0 Å². The maximum atomic E-state index is 12.9. The molecule has 1 fully saturated rings. The van der Waals surface area contributed by atoms with E-state index in [-0.39, 0.29) is 17.9 Å². The smallest absolute Gasteiger partial charge is 0.252 e. The minimum absolute atomic E-state index is 0.0120. The van der Waals surface area contributed by atoms with Crippen molar-refractivity contribution in [2.24, 2.45) is 5.92 Å². The van der Waals surface area contributed by atoms with Crippen LogP contribution < -0.4 is 10.1 Å². The highest BCUT2D eigenvalue weighted by atomic mass is 32.2. The lowest BCUT2D eigenvalue weighted by Gasteiger charge is -2.31. The van der Waals surface area contributed by atoms with Gasteiger partial charge in [0.15, 0.2) is 0 Å². The number of methoxy groups -OCH3 is 1. The van der Waals surface area contributed by atoms with Gasteiger partial charge in [-0.15, -0.1) is 11.3 Å². The second kappa shape index (κ2) is 9.71. The van der Waals surface area contributed by atoms with Gasteiger partial charge in [0.25, 0.3) is 10.0 Å². The Kier molecular flexibility index (Phi) is 7.44. The van der Waals surface area contributed by atoms with E-state index in [1.807, 2.05) is 19.9 Å². The number of thiophene rings is 1. The molecule has 6 nitrogen and oxygen atoms in total. The normalized spacial score (nSPS) is 17.0. The van der Waals surface area contributed by atoms with Gasteiger partial charge in [-0.3, -0.25) is 4.79 Å². The number of amides is 1. The molecule has 1 aromatic heterocycles. The summed E-state index contributed by atoms with van der Waals surface area (Å²) in [6, 6.07) is 7.39. The Balaban J connectivity index is 1.64. The van der Waals surface area contributed by atoms with Crippen LogP contribution in [-0.2, 0) is 14.8 Å². The lowest BCUT2D eigenvalue weighted by molar-refractivity contribution is -0.126. The molecule has 31 heavy (non-hydrogen) atoms. The summed E-state index contributed by atoms with van der Waals surface area (Å²) in [5, 5.41) is 4.91. The fourth-order valence-electron chi connectivity index (χ4n) is 4.12. The van der Waals surface area contributed by atoms with Crippen molar-refractivity contribution >= 4 is 27.3 Å². The number of hydrogen-bond donors (Lipinski definition) is 1. The van der Waals surface area contributed by atoms with Crippen molar-refractivity contribution in [1.82, 2.24) is 9.62 Å². The summed E-state index contributed by atoms with van der Waals surface area (Å²) in [7, 11) is -1.77. The second-order valence-electron chi connectivity index (χ2n) is 8.45. The molecule has 0 saturated carbocycles. The Morgan fingerprint density at radius 3 is 2.42 bits per heavy atom. The van der Waals surface area contributed by atoms with Crippen molar-refractivity contribution in [1.29, 1.82) is 0 Å². The van der Waals surface area contributed by atoms with Gasteiger partial charge in [-0.05, 0) is 72.9 Å². The van der Waals surface area contributed by atoms with Crippen molar-refractivity contribution < 1.29 is 17.9 Å². The van der Waals surface area contributed by atoms with Gasteiger partial charge in [-0.1, -0.05) is 19.9 Å². The number of ether oxygens (including phenoxy) is 1. The molecule has 0 radical (unpaired) electrons. The zero-order valence-corrected chi connectivity index (χ0v) is 20.5. The minimum atomic E-state index is -3.45. The Labute approximate surface area is 189 Å². The fourth-order valence-corrected chi connectivity index (χ4v) is 6.73. The average Bonchev–Trinajstić information content (AvgIpc) is 3.29. The molecule has 3 rings (SSSR count). The molecule has 0 unspecified atom stereocenters. The minimum Gasteiger partial charge on any atom is -0.496 e. The lowest BCUT2D eigenvalue weighted by atomic mass is 9.92. The van der Waals surface area contributed by atoms with Crippen LogP contribution in [0.4, 0.5) is 0 Å². The van der Waals surface area contributed by atoms with Gasteiger partial charge in [0.05, 0.1) is 13.2 Å². The molecule has 1 atom stereocenters. The number of nitrogens with zero attached hydrogens (tertiary/aromatic N) is 1. The molecule has 1 aromatic carbocycles. The Morgan fingerprint density at radius 1 is 1.19 bits per heavy atom. The molecule has 0 bridgehead atoms. The molecule has 170 valence electrons. The van der Waals surface area contributed by atoms with Gasteiger partial charge in [0.2, 0.25) is 5.91 Å². The molecule has 8 heteroatoms. The summed E-state index contributed by atoms with van der Waals surface area (Å²) >= 11 is 1.23. The molecular weight excluding hydrogens is 432 g/mol. The summed E-state index contributed by atoms with van der Waals surface area (Å²) in [4.78, 5) is 12.9. The molecule has 1 aliphatic heterocycles. The summed E-state index contributed by atoms with van der Waals surface area (Å²) in [5.41, 5.74) is 3.28. The quantitative estimate of drug-likeness (QED) is 0.656. The molecule has 2 aromatic rings. The second-order valence-corrected chi connectivity index (χ2v) is 11.6. The van der Waals surface area contributed by atoms with E-state index in [2.05, 4.69) is 25.2 Å². The van der Waals surface area contributed by atoms with Crippen LogP contribution in [0.1, 0.15) is 62.3 Å². The van der Waals surface area contributed by atoms with E-state index in [9.17, 15) is 13.2 Å². The zero-order valence-electron chi connectivity index (χ0n) is 18.8. The highest BCUT2D eigenvalue weighted by Crippen LogP contribution is 2.32. The Hall–Kier alpha value is -1.90. The number of hydrogen-bond acceptors (Lipinski definition) is 5. The van der Waals surface area contributed by atoms with Crippen LogP contribution in [0.25, 0.3) is 0 Å². The summed E-state index contributed by atoms with van der Waals surface area (Å²) < 4.78 is 32.8. The topological polar surface area (TPSA) is 75.7 Å². The summed E-state index contributed by atoms with van der Waals surface area (Å²) in [6.45, 7) is 9.00. The van der Waals surface area contributed by atoms with Crippen LogP contribution in [0.2, 0.25) is 0 Å². The van der Waals surface area contributed by atoms with Gasteiger partial charge in [0, 0.05) is 19.0 Å². The summed E-state index contributed by atoms with van der Waals surface area (Å²) in [6.07, 6.45) is 1.06. The average molecular weight is 465 g/mol. The van der Waals surface area contributed by atoms with Crippen molar-refractivity contribution in [3.63, 3.8) is 0 Å². The number of rotatable bonds is 7. The molecular formula is C23H32N2O4S2. The number of aryl methyl sites for hydroxylation is 1. The van der Waals surface area contributed by atoms with Gasteiger partial charge in [-0.25, -0.2) is 8.42 Å². The number of carbonyl (C=O) groups is 1. The molecule has 0 spiro atoms. The van der Waals surface area contributed by atoms with E-state index in [4.69, 9.17) is 4.74 Å².